The van der Waals surface area contributed by atoms with Crippen molar-refractivity contribution in [2.24, 2.45) is 5.92 Å². The van der Waals surface area contributed by atoms with Gasteiger partial charge in [-0.1, -0.05) is 24.3 Å². The molecule has 2 N–H and O–H groups in total. The summed E-state index contributed by atoms with van der Waals surface area (Å²) in [6.45, 7) is 0. The minimum absolute atomic E-state index is 0.00889. The van der Waals surface area contributed by atoms with Crippen LogP contribution in [0.3, 0.4) is 0 Å². The van der Waals surface area contributed by atoms with Crippen LogP contribution in [0.2, 0.25) is 0 Å². The molecule has 19 heavy (non-hydrogen) atoms. The topological polar surface area (TPSA) is 74.6 Å². The molecule has 0 amide bonds. The Labute approximate surface area is 112 Å². The van der Waals surface area contributed by atoms with Crippen molar-refractivity contribution in [1.82, 2.24) is 0 Å². The Bertz CT molecular complexity index is 481. The molecule has 0 spiro atoms. The minimum Gasteiger partial charge on any atom is -0.481 e. The molecule has 0 aromatic heterocycles. The van der Waals surface area contributed by atoms with Gasteiger partial charge in [-0.15, -0.1) is 0 Å². The molecule has 0 saturated carbocycles. The van der Waals surface area contributed by atoms with Crippen LogP contribution in [-0.4, -0.2) is 22.2 Å². The molecule has 0 fully saturated rings. The van der Waals surface area contributed by atoms with Crippen molar-refractivity contribution in [1.29, 1.82) is 0 Å². The summed E-state index contributed by atoms with van der Waals surface area (Å²) in [5.74, 6) is -1.98. The highest BCUT2D eigenvalue weighted by Gasteiger charge is 2.30. The fraction of sp³-hybridized carbons (Fsp3) is 0.467. The maximum Gasteiger partial charge on any atom is 0.303 e. The molecule has 4 nitrogen and oxygen atoms in total. The second-order valence-electron chi connectivity index (χ2n) is 5.15. The molecule has 0 aliphatic heterocycles. The highest BCUT2D eigenvalue weighted by Crippen LogP contribution is 2.39. The normalized spacial score (nSPS) is 22.3. The molecule has 1 aromatic carbocycles. The second-order valence-corrected chi connectivity index (χ2v) is 5.15. The zero-order valence-electron chi connectivity index (χ0n) is 10.7. The number of hydrogen-bond acceptors (Lipinski definition) is 2. The van der Waals surface area contributed by atoms with Gasteiger partial charge in [0.2, 0.25) is 0 Å². The monoisotopic (exact) mass is 262 g/mol. The lowest BCUT2D eigenvalue weighted by Crippen LogP contribution is -2.19. The van der Waals surface area contributed by atoms with E-state index >= 15 is 0 Å². The third-order valence-electron chi connectivity index (χ3n) is 3.88. The van der Waals surface area contributed by atoms with Gasteiger partial charge in [0.25, 0.3) is 0 Å². The minimum atomic E-state index is -0.864. The van der Waals surface area contributed by atoms with Gasteiger partial charge in [-0.3, -0.25) is 9.59 Å². The first-order valence-corrected chi connectivity index (χ1v) is 6.59. The van der Waals surface area contributed by atoms with Crippen molar-refractivity contribution in [3.63, 3.8) is 0 Å². The van der Waals surface area contributed by atoms with E-state index < -0.39 is 11.9 Å². The molecule has 1 aliphatic carbocycles. The Balaban J connectivity index is 2.35. The lowest BCUT2D eigenvalue weighted by Gasteiger charge is -2.24. The Kier molecular flexibility index (Phi) is 4.20. The van der Waals surface area contributed by atoms with Gasteiger partial charge in [0, 0.05) is 6.42 Å². The first-order chi connectivity index (χ1) is 9.08. The van der Waals surface area contributed by atoms with E-state index in [-0.39, 0.29) is 24.7 Å². The van der Waals surface area contributed by atoms with E-state index in [4.69, 9.17) is 10.2 Å². The van der Waals surface area contributed by atoms with Crippen molar-refractivity contribution in [2.45, 2.75) is 38.0 Å². The van der Waals surface area contributed by atoms with Crippen LogP contribution in [0, 0.1) is 5.92 Å². The first kappa shape index (κ1) is 13.6. The Morgan fingerprint density at radius 1 is 1.11 bits per heavy atom. The summed E-state index contributed by atoms with van der Waals surface area (Å²) in [6.07, 6.45) is 2.66. The van der Waals surface area contributed by atoms with Gasteiger partial charge in [-0.05, 0) is 42.2 Å². The van der Waals surface area contributed by atoms with Gasteiger partial charge in [0.1, 0.15) is 0 Å². The van der Waals surface area contributed by atoms with Gasteiger partial charge in [0.15, 0.2) is 0 Å². The number of benzene rings is 1. The van der Waals surface area contributed by atoms with E-state index in [2.05, 4.69) is 0 Å². The smallest absolute Gasteiger partial charge is 0.303 e. The van der Waals surface area contributed by atoms with Crippen molar-refractivity contribution >= 4 is 11.9 Å². The Morgan fingerprint density at radius 3 is 2.47 bits per heavy atom. The van der Waals surface area contributed by atoms with Crippen LogP contribution in [0.5, 0.6) is 0 Å². The van der Waals surface area contributed by atoms with Gasteiger partial charge in [-0.2, -0.15) is 0 Å². The summed E-state index contributed by atoms with van der Waals surface area (Å²) in [5, 5.41) is 18.1. The average Bonchev–Trinajstić information content (AvgIpc) is 2.49. The number of carbonyl (C=O) groups is 2. The number of carboxylic acid groups (broad SMARTS) is 2. The maximum absolute atomic E-state index is 11.1. The second kappa shape index (κ2) is 5.87. The zero-order valence-corrected chi connectivity index (χ0v) is 10.7. The van der Waals surface area contributed by atoms with Crippen LogP contribution >= 0.6 is 0 Å². The van der Waals surface area contributed by atoms with Gasteiger partial charge in [-0.25, -0.2) is 0 Å². The largest absolute Gasteiger partial charge is 0.481 e. The number of carboxylic acids is 2. The molecule has 2 unspecified atom stereocenters. The molecule has 0 saturated heterocycles. The Hall–Kier alpha value is -1.84. The van der Waals surface area contributed by atoms with E-state index in [1.54, 1.807) is 0 Å². The van der Waals surface area contributed by atoms with Gasteiger partial charge >= 0.3 is 11.9 Å². The van der Waals surface area contributed by atoms with Crippen molar-refractivity contribution in [3.8, 4) is 0 Å². The highest BCUT2D eigenvalue weighted by atomic mass is 16.4. The number of fused-ring (bicyclic) bond motifs is 1. The zero-order chi connectivity index (χ0) is 13.8. The van der Waals surface area contributed by atoms with Gasteiger partial charge in [0.05, 0.1) is 6.42 Å². The molecule has 102 valence electrons. The van der Waals surface area contributed by atoms with Crippen molar-refractivity contribution < 1.29 is 19.8 Å². The summed E-state index contributed by atoms with van der Waals surface area (Å²) in [6, 6.07) is 7.82. The maximum atomic E-state index is 11.1. The van der Waals surface area contributed by atoms with Crippen molar-refractivity contribution in [3.05, 3.63) is 35.4 Å². The van der Waals surface area contributed by atoms with Crippen molar-refractivity contribution in [2.75, 3.05) is 0 Å². The third-order valence-corrected chi connectivity index (χ3v) is 3.88. The molecule has 0 radical (unpaired) electrons. The van der Waals surface area contributed by atoms with Crippen LogP contribution in [-0.2, 0) is 16.0 Å². The van der Waals surface area contributed by atoms with Gasteiger partial charge < -0.3 is 10.2 Å². The molecular formula is C15H18O4. The molecule has 4 heteroatoms. The number of aryl methyl sites for hydroxylation is 1. The predicted molar refractivity (Wildman–Crippen MR) is 70.1 cm³/mol. The lowest BCUT2D eigenvalue weighted by atomic mass is 9.80. The van der Waals surface area contributed by atoms with E-state index in [0.717, 1.165) is 24.8 Å². The highest BCUT2D eigenvalue weighted by molar-refractivity contribution is 5.70. The number of rotatable bonds is 4. The van der Waals surface area contributed by atoms with E-state index in [1.165, 1.54) is 5.56 Å². The molecular weight excluding hydrogens is 244 g/mol. The fourth-order valence-corrected chi connectivity index (χ4v) is 3.07. The summed E-state index contributed by atoms with van der Waals surface area (Å²) in [4.78, 5) is 22.0. The Morgan fingerprint density at radius 2 is 1.79 bits per heavy atom. The molecule has 1 aliphatic rings. The first-order valence-electron chi connectivity index (χ1n) is 6.59. The average molecular weight is 262 g/mol. The fourth-order valence-electron chi connectivity index (χ4n) is 3.07. The van der Waals surface area contributed by atoms with Crippen LogP contribution < -0.4 is 0 Å². The lowest BCUT2D eigenvalue weighted by molar-refractivity contribution is -0.141. The standard InChI is InChI=1S/C15H18O4/c16-14(17)8-11-6-3-5-10-4-1-2-7-12(10)13(11)9-15(18)19/h1-2,4,7,11,13H,3,5-6,8-9H2,(H,16,17)(H,18,19). The molecule has 2 rings (SSSR count). The molecule has 0 bridgehead atoms. The van der Waals surface area contributed by atoms with Crippen LogP contribution in [0.25, 0.3) is 0 Å². The molecule has 1 aromatic rings. The predicted octanol–water partition coefficient (Wildman–Crippen LogP) is 2.67. The van der Waals surface area contributed by atoms with Crippen LogP contribution in [0.1, 0.15) is 42.7 Å². The number of aliphatic carboxylic acids is 2. The van der Waals surface area contributed by atoms with E-state index in [1.807, 2.05) is 24.3 Å². The van der Waals surface area contributed by atoms with E-state index in [0.29, 0.717) is 0 Å². The number of hydrogen-bond donors (Lipinski definition) is 2. The summed E-state index contributed by atoms with van der Waals surface area (Å²) in [5.41, 5.74) is 2.19. The van der Waals surface area contributed by atoms with Crippen LogP contribution in [0.4, 0.5) is 0 Å². The summed E-state index contributed by atoms with van der Waals surface area (Å²) < 4.78 is 0. The SMILES string of the molecule is O=C(O)CC1CCCc2ccccc2C1CC(=O)O. The summed E-state index contributed by atoms with van der Waals surface area (Å²) in [7, 11) is 0. The van der Waals surface area contributed by atoms with E-state index in [9.17, 15) is 9.59 Å². The summed E-state index contributed by atoms with van der Waals surface area (Å²) >= 11 is 0. The third kappa shape index (κ3) is 3.34. The molecule has 2 atom stereocenters. The molecule has 0 heterocycles. The van der Waals surface area contributed by atoms with Crippen LogP contribution in [0.15, 0.2) is 24.3 Å². The quantitative estimate of drug-likeness (QED) is 0.818.